The summed E-state index contributed by atoms with van der Waals surface area (Å²) in [6, 6.07) is 6.28. The van der Waals surface area contributed by atoms with Gasteiger partial charge in [0.2, 0.25) is 4.77 Å². The molecule has 0 amide bonds. The third-order valence-electron chi connectivity index (χ3n) is 3.07. The Morgan fingerprint density at radius 3 is 3.11 bits per heavy atom. The molecule has 2 heterocycles. The number of aryl methyl sites for hydroxylation is 1. The van der Waals surface area contributed by atoms with Crippen LogP contribution in [0.4, 0.5) is 0 Å². The van der Waals surface area contributed by atoms with Crippen molar-refractivity contribution in [3.63, 3.8) is 0 Å². The molecule has 0 bridgehead atoms. The molecule has 0 unspecified atom stereocenters. The van der Waals surface area contributed by atoms with E-state index in [2.05, 4.69) is 45.4 Å². The second-order valence-corrected chi connectivity index (χ2v) is 4.57. The number of nitrogens with one attached hydrogen (secondary N) is 2. The number of hydrogen-bond donors (Lipinski definition) is 2. The van der Waals surface area contributed by atoms with Crippen molar-refractivity contribution in [2.45, 2.75) is 13.3 Å². The Balaban J connectivity index is 2.05. The molecule has 0 atom stereocenters. The predicted octanol–water partition coefficient (Wildman–Crippen LogP) is 2.87. The highest BCUT2D eigenvalue weighted by atomic mass is 32.1. The standard InChI is InChI=1S/C13H13N5S/c1-2-9-4-3-5-11-10(6-14-12(9)11)7-16-18-8-15-17-13(18)19/h3-8,14H,2H2,1H3,(H,17,19)/b16-7+. The molecule has 0 radical (unpaired) electrons. The topological polar surface area (TPSA) is 61.8 Å². The number of aromatic nitrogens is 4. The van der Waals surface area contributed by atoms with Crippen LogP contribution in [0, 0.1) is 4.77 Å². The van der Waals surface area contributed by atoms with Gasteiger partial charge in [0.1, 0.15) is 6.33 Å². The second kappa shape index (κ2) is 4.81. The molecule has 6 heteroatoms. The molecule has 1 aromatic carbocycles. The average molecular weight is 271 g/mol. The van der Waals surface area contributed by atoms with Crippen LogP contribution in [0.25, 0.3) is 10.9 Å². The Morgan fingerprint density at radius 1 is 1.47 bits per heavy atom. The first kappa shape index (κ1) is 11.9. The fourth-order valence-corrected chi connectivity index (χ4v) is 2.24. The van der Waals surface area contributed by atoms with Crippen LogP contribution in [0.15, 0.2) is 35.8 Å². The molecule has 5 nitrogen and oxygen atoms in total. The minimum absolute atomic E-state index is 0.477. The molecule has 0 aliphatic carbocycles. The zero-order valence-electron chi connectivity index (χ0n) is 10.4. The van der Waals surface area contributed by atoms with E-state index in [1.807, 2.05) is 6.20 Å². The zero-order valence-corrected chi connectivity index (χ0v) is 11.2. The van der Waals surface area contributed by atoms with E-state index >= 15 is 0 Å². The first-order chi connectivity index (χ1) is 9.29. The van der Waals surface area contributed by atoms with E-state index in [4.69, 9.17) is 12.2 Å². The van der Waals surface area contributed by atoms with Crippen molar-refractivity contribution < 1.29 is 0 Å². The van der Waals surface area contributed by atoms with Gasteiger partial charge < -0.3 is 4.98 Å². The summed E-state index contributed by atoms with van der Waals surface area (Å²) in [5, 5.41) is 11.9. The van der Waals surface area contributed by atoms with E-state index in [9.17, 15) is 0 Å². The first-order valence-electron chi connectivity index (χ1n) is 6.05. The Bertz CT molecular complexity index is 793. The number of rotatable bonds is 3. The van der Waals surface area contributed by atoms with Crippen LogP contribution in [0.5, 0.6) is 0 Å². The Labute approximate surface area is 115 Å². The largest absolute Gasteiger partial charge is 0.360 e. The summed E-state index contributed by atoms with van der Waals surface area (Å²) in [5.41, 5.74) is 3.51. The normalized spacial score (nSPS) is 11.6. The number of benzene rings is 1. The molecule has 0 aliphatic heterocycles. The summed E-state index contributed by atoms with van der Waals surface area (Å²) in [5.74, 6) is 0. The van der Waals surface area contributed by atoms with Gasteiger partial charge in [-0.15, -0.1) is 0 Å². The Morgan fingerprint density at radius 2 is 2.37 bits per heavy atom. The molecule has 0 fully saturated rings. The van der Waals surface area contributed by atoms with Crippen LogP contribution >= 0.6 is 12.2 Å². The molecule has 0 saturated heterocycles. The van der Waals surface area contributed by atoms with Gasteiger partial charge in [0.15, 0.2) is 0 Å². The SMILES string of the molecule is CCc1cccc2c(/C=N/n3cn[nH]c3=S)c[nH]c12. The summed E-state index contributed by atoms with van der Waals surface area (Å²) >= 11 is 5.04. The van der Waals surface area contributed by atoms with E-state index in [0.29, 0.717) is 4.77 Å². The van der Waals surface area contributed by atoms with Crippen LogP contribution in [0.2, 0.25) is 0 Å². The van der Waals surface area contributed by atoms with Gasteiger partial charge in [-0.1, -0.05) is 25.1 Å². The highest BCUT2D eigenvalue weighted by Gasteiger charge is 2.04. The summed E-state index contributed by atoms with van der Waals surface area (Å²) in [7, 11) is 0. The van der Waals surface area contributed by atoms with Crippen molar-refractivity contribution in [3.05, 3.63) is 46.6 Å². The minimum atomic E-state index is 0.477. The van der Waals surface area contributed by atoms with E-state index in [0.717, 1.165) is 17.4 Å². The number of hydrogen-bond acceptors (Lipinski definition) is 3. The molecule has 0 aliphatic rings. The fraction of sp³-hybridized carbons (Fsp3) is 0.154. The molecular formula is C13H13N5S. The fourth-order valence-electron chi connectivity index (χ4n) is 2.09. The molecule has 2 aromatic heterocycles. The van der Waals surface area contributed by atoms with Crippen molar-refractivity contribution in [2.75, 3.05) is 0 Å². The van der Waals surface area contributed by atoms with E-state index < -0.39 is 0 Å². The third-order valence-corrected chi connectivity index (χ3v) is 3.35. The van der Waals surface area contributed by atoms with Crippen molar-refractivity contribution in [3.8, 4) is 0 Å². The van der Waals surface area contributed by atoms with Gasteiger partial charge in [-0.25, -0.2) is 0 Å². The first-order valence-corrected chi connectivity index (χ1v) is 6.45. The lowest BCUT2D eigenvalue weighted by Gasteiger charge is -1.98. The monoisotopic (exact) mass is 271 g/mol. The average Bonchev–Trinajstić information content (AvgIpc) is 3.02. The van der Waals surface area contributed by atoms with Gasteiger partial charge in [-0.3, -0.25) is 5.10 Å². The van der Waals surface area contributed by atoms with Crippen LogP contribution in [0.3, 0.4) is 0 Å². The minimum Gasteiger partial charge on any atom is -0.360 e. The quantitative estimate of drug-likeness (QED) is 0.568. The van der Waals surface area contributed by atoms with Crippen LogP contribution in [-0.2, 0) is 6.42 Å². The van der Waals surface area contributed by atoms with Gasteiger partial charge in [-0.2, -0.15) is 14.9 Å². The lowest BCUT2D eigenvalue weighted by atomic mass is 10.1. The van der Waals surface area contributed by atoms with Crippen LogP contribution < -0.4 is 0 Å². The summed E-state index contributed by atoms with van der Waals surface area (Å²) in [6.45, 7) is 2.15. The maximum absolute atomic E-state index is 5.04. The maximum Gasteiger partial charge on any atom is 0.216 e. The molecule has 3 rings (SSSR count). The summed E-state index contributed by atoms with van der Waals surface area (Å²) < 4.78 is 2.00. The smallest absolute Gasteiger partial charge is 0.216 e. The molecular weight excluding hydrogens is 258 g/mol. The lowest BCUT2D eigenvalue weighted by molar-refractivity contribution is 0.863. The molecule has 3 aromatic rings. The molecule has 19 heavy (non-hydrogen) atoms. The zero-order chi connectivity index (χ0) is 13.2. The van der Waals surface area contributed by atoms with Crippen LogP contribution in [0.1, 0.15) is 18.1 Å². The second-order valence-electron chi connectivity index (χ2n) is 4.19. The van der Waals surface area contributed by atoms with Crippen molar-refractivity contribution in [1.82, 2.24) is 19.9 Å². The number of fused-ring (bicyclic) bond motifs is 1. The molecule has 2 N–H and O–H groups in total. The number of H-pyrrole nitrogens is 2. The van der Waals surface area contributed by atoms with E-state index in [1.54, 1.807) is 12.5 Å². The van der Waals surface area contributed by atoms with E-state index in [-0.39, 0.29) is 0 Å². The predicted molar refractivity (Wildman–Crippen MR) is 78.1 cm³/mol. The Kier molecular flexibility index (Phi) is 3.00. The molecule has 96 valence electrons. The highest BCUT2D eigenvalue weighted by molar-refractivity contribution is 7.71. The Hall–Kier alpha value is -2.21. The van der Waals surface area contributed by atoms with Gasteiger partial charge in [0.25, 0.3) is 0 Å². The maximum atomic E-state index is 5.04. The molecule has 0 spiro atoms. The highest BCUT2D eigenvalue weighted by Crippen LogP contribution is 2.20. The van der Waals surface area contributed by atoms with Crippen LogP contribution in [-0.4, -0.2) is 26.1 Å². The van der Waals surface area contributed by atoms with Gasteiger partial charge in [-0.05, 0) is 24.2 Å². The number of para-hydroxylation sites is 1. The van der Waals surface area contributed by atoms with Crippen molar-refractivity contribution >= 4 is 29.3 Å². The van der Waals surface area contributed by atoms with Gasteiger partial charge in [0.05, 0.1) is 6.21 Å². The summed E-state index contributed by atoms with van der Waals surface area (Å²) in [4.78, 5) is 3.30. The van der Waals surface area contributed by atoms with Gasteiger partial charge in [0, 0.05) is 22.7 Å². The number of aromatic amines is 2. The number of nitrogens with zero attached hydrogens (tertiary/aromatic N) is 3. The third kappa shape index (κ3) is 2.10. The summed E-state index contributed by atoms with van der Waals surface area (Å²) in [6.07, 6.45) is 6.28. The van der Waals surface area contributed by atoms with Crippen molar-refractivity contribution in [2.24, 2.45) is 5.10 Å². The molecule has 0 saturated carbocycles. The van der Waals surface area contributed by atoms with E-state index in [1.165, 1.54) is 15.8 Å². The lowest BCUT2D eigenvalue weighted by Crippen LogP contribution is -1.88. The van der Waals surface area contributed by atoms with Crippen molar-refractivity contribution in [1.29, 1.82) is 0 Å². The van der Waals surface area contributed by atoms with Gasteiger partial charge >= 0.3 is 0 Å².